The number of rotatable bonds is 3. The number of carbonyl (C=O) groups is 3. The van der Waals surface area contributed by atoms with E-state index in [2.05, 4.69) is 10.2 Å². The zero-order valence-corrected chi connectivity index (χ0v) is 13.4. The van der Waals surface area contributed by atoms with Gasteiger partial charge in [0.1, 0.15) is 6.04 Å². The Balaban J connectivity index is 1.85. The summed E-state index contributed by atoms with van der Waals surface area (Å²) in [6, 6.07) is -1.17. The van der Waals surface area contributed by atoms with Gasteiger partial charge in [0.2, 0.25) is 11.8 Å². The van der Waals surface area contributed by atoms with Crippen LogP contribution in [-0.4, -0.2) is 91.0 Å². The maximum absolute atomic E-state index is 12.5. The minimum atomic E-state index is -5.00. The molecule has 2 saturated heterocycles. The molecule has 2 rings (SSSR count). The summed E-state index contributed by atoms with van der Waals surface area (Å²) in [5.41, 5.74) is 0. The molecule has 1 unspecified atom stereocenters. The van der Waals surface area contributed by atoms with Crippen LogP contribution in [0.3, 0.4) is 0 Å². The van der Waals surface area contributed by atoms with Crippen molar-refractivity contribution < 1.29 is 27.6 Å². The van der Waals surface area contributed by atoms with E-state index < -0.39 is 24.0 Å². The third-order valence-electron chi connectivity index (χ3n) is 4.33. The monoisotopic (exact) mass is 350 g/mol. The molecule has 0 spiro atoms. The summed E-state index contributed by atoms with van der Waals surface area (Å²) < 4.78 is 37.6. The number of halogens is 3. The van der Waals surface area contributed by atoms with E-state index in [1.807, 2.05) is 7.05 Å². The van der Waals surface area contributed by atoms with Crippen molar-refractivity contribution in [2.24, 2.45) is 0 Å². The number of likely N-dealkylation sites (tertiary alicyclic amines) is 1. The van der Waals surface area contributed by atoms with Gasteiger partial charge in [-0.05, 0) is 19.9 Å². The molecule has 2 aliphatic heterocycles. The molecular weight excluding hydrogens is 329 g/mol. The largest absolute Gasteiger partial charge is 0.471 e. The van der Waals surface area contributed by atoms with Crippen molar-refractivity contribution in [1.29, 1.82) is 0 Å². The molecule has 0 saturated carbocycles. The van der Waals surface area contributed by atoms with Gasteiger partial charge < -0.3 is 20.0 Å². The van der Waals surface area contributed by atoms with E-state index >= 15 is 0 Å². The fraction of sp³-hybridized carbons (Fsp3) is 0.786. The second-order valence-electron chi connectivity index (χ2n) is 6.06. The van der Waals surface area contributed by atoms with Crippen LogP contribution < -0.4 is 5.32 Å². The van der Waals surface area contributed by atoms with Crippen LogP contribution in [0.2, 0.25) is 0 Å². The first-order chi connectivity index (χ1) is 11.2. The van der Waals surface area contributed by atoms with Gasteiger partial charge in [-0.25, -0.2) is 0 Å². The highest BCUT2D eigenvalue weighted by Gasteiger charge is 2.47. The predicted octanol–water partition coefficient (Wildman–Crippen LogP) is -0.570. The minimum Gasteiger partial charge on any atom is -0.345 e. The quantitative estimate of drug-likeness (QED) is 0.740. The normalized spacial score (nSPS) is 22.6. The van der Waals surface area contributed by atoms with Crippen LogP contribution in [0.4, 0.5) is 13.2 Å². The van der Waals surface area contributed by atoms with E-state index in [9.17, 15) is 27.6 Å². The van der Waals surface area contributed by atoms with E-state index in [0.29, 0.717) is 24.4 Å². The SMILES string of the molecule is CN1CCN(C(=O)CNC(=O)C2CCCN2C(=O)C(F)(F)F)CC1. The van der Waals surface area contributed by atoms with Crippen LogP contribution in [0.1, 0.15) is 12.8 Å². The molecule has 1 N–H and O–H groups in total. The molecule has 0 aromatic heterocycles. The maximum atomic E-state index is 12.5. The highest BCUT2D eigenvalue weighted by molar-refractivity contribution is 5.92. The average Bonchev–Trinajstić information content (AvgIpc) is 3.00. The van der Waals surface area contributed by atoms with Gasteiger partial charge >= 0.3 is 12.1 Å². The van der Waals surface area contributed by atoms with Gasteiger partial charge in [-0.1, -0.05) is 0 Å². The van der Waals surface area contributed by atoms with E-state index in [-0.39, 0.29) is 25.4 Å². The summed E-state index contributed by atoms with van der Waals surface area (Å²) in [7, 11) is 1.94. The van der Waals surface area contributed by atoms with Gasteiger partial charge in [0, 0.05) is 32.7 Å². The van der Waals surface area contributed by atoms with Gasteiger partial charge in [0.05, 0.1) is 6.54 Å². The molecule has 24 heavy (non-hydrogen) atoms. The van der Waals surface area contributed by atoms with Gasteiger partial charge in [-0.15, -0.1) is 0 Å². The van der Waals surface area contributed by atoms with Gasteiger partial charge in [-0.2, -0.15) is 13.2 Å². The van der Waals surface area contributed by atoms with Crippen LogP contribution in [0.25, 0.3) is 0 Å². The molecule has 0 radical (unpaired) electrons. The second kappa shape index (κ2) is 7.37. The molecule has 136 valence electrons. The fourth-order valence-electron chi connectivity index (χ4n) is 2.89. The molecule has 2 fully saturated rings. The number of likely N-dealkylation sites (N-methyl/N-ethyl adjacent to an activating group) is 1. The summed E-state index contributed by atoms with van der Waals surface area (Å²) in [5, 5.41) is 2.36. The Morgan fingerprint density at radius 2 is 1.71 bits per heavy atom. The van der Waals surface area contributed by atoms with Crippen LogP contribution in [-0.2, 0) is 14.4 Å². The molecule has 0 aliphatic carbocycles. The third-order valence-corrected chi connectivity index (χ3v) is 4.33. The van der Waals surface area contributed by atoms with Gasteiger partial charge in [0.25, 0.3) is 0 Å². The van der Waals surface area contributed by atoms with Gasteiger partial charge in [0.15, 0.2) is 0 Å². The van der Waals surface area contributed by atoms with Crippen LogP contribution in [0.15, 0.2) is 0 Å². The second-order valence-corrected chi connectivity index (χ2v) is 6.06. The Morgan fingerprint density at radius 1 is 1.08 bits per heavy atom. The molecule has 3 amide bonds. The molecule has 2 heterocycles. The number of nitrogens with one attached hydrogen (secondary N) is 1. The van der Waals surface area contributed by atoms with Crippen LogP contribution in [0, 0.1) is 0 Å². The standard InChI is InChI=1S/C14H21F3N4O3/c1-19-5-7-20(8-6-19)11(22)9-18-12(23)10-3-2-4-21(10)13(24)14(15,16)17/h10H,2-9H2,1H3,(H,18,23). The minimum absolute atomic E-state index is 0.108. The Bertz CT molecular complexity index is 504. The molecule has 2 aliphatic rings. The molecule has 1 atom stereocenters. The molecular formula is C14H21F3N4O3. The lowest BCUT2D eigenvalue weighted by molar-refractivity contribution is -0.186. The summed E-state index contributed by atoms with van der Waals surface area (Å²) in [6.45, 7) is 2.18. The Kier molecular flexibility index (Phi) is 5.68. The maximum Gasteiger partial charge on any atom is 0.471 e. The van der Waals surface area contributed by atoms with E-state index in [1.165, 1.54) is 0 Å². The lowest BCUT2D eigenvalue weighted by Crippen LogP contribution is -2.53. The summed E-state index contributed by atoms with van der Waals surface area (Å²) in [6.07, 6.45) is -4.51. The summed E-state index contributed by atoms with van der Waals surface area (Å²) in [5.74, 6) is -3.00. The number of hydrogen-bond donors (Lipinski definition) is 1. The topological polar surface area (TPSA) is 73.0 Å². The molecule has 0 aromatic carbocycles. The smallest absolute Gasteiger partial charge is 0.345 e. The number of carbonyl (C=O) groups excluding carboxylic acids is 3. The summed E-state index contributed by atoms with van der Waals surface area (Å²) >= 11 is 0. The zero-order valence-electron chi connectivity index (χ0n) is 13.4. The molecule has 10 heteroatoms. The van der Waals surface area contributed by atoms with Crippen molar-refractivity contribution in [2.45, 2.75) is 25.1 Å². The molecule has 7 nitrogen and oxygen atoms in total. The van der Waals surface area contributed by atoms with Crippen molar-refractivity contribution in [1.82, 2.24) is 20.0 Å². The first-order valence-electron chi connectivity index (χ1n) is 7.82. The van der Waals surface area contributed by atoms with Crippen molar-refractivity contribution in [3.05, 3.63) is 0 Å². The summed E-state index contributed by atoms with van der Waals surface area (Å²) in [4.78, 5) is 39.7. The van der Waals surface area contributed by atoms with E-state index in [1.54, 1.807) is 4.90 Å². The highest BCUT2D eigenvalue weighted by atomic mass is 19.4. The van der Waals surface area contributed by atoms with Crippen LogP contribution >= 0.6 is 0 Å². The lowest BCUT2D eigenvalue weighted by Gasteiger charge is -2.32. The predicted molar refractivity (Wildman–Crippen MR) is 77.9 cm³/mol. The van der Waals surface area contributed by atoms with E-state index in [4.69, 9.17) is 0 Å². The highest BCUT2D eigenvalue weighted by Crippen LogP contribution is 2.25. The Labute approximate surface area is 137 Å². The van der Waals surface area contributed by atoms with Crippen molar-refractivity contribution in [3.63, 3.8) is 0 Å². The van der Waals surface area contributed by atoms with Crippen molar-refractivity contribution in [3.8, 4) is 0 Å². The number of piperazine rings is 1. The number of hydrogen-bond acceptors (Lipinski definition) is 4. The molecule has 0 bridgehead atoms. The van der Waals surface area contributed by atoms with Crippen LogP contribution in [0.5, 0.6) is 0 Å². The number of alkyl halides is 3. The Hall–Kier alpha value is -1.84. The van der Waals surface area contributed by atoms with Crippen molar-refractivity contribution in [2.75, 3.05) is 46.3 Å². The zero-order chi connectivity index (χ0) is 17.9. The first kappa shape index (κ1) is 18.5. The number of nitrogens with zero attached hydrogens (tertiary/aromatic N) is 3. The Morgan fingerprint density at radius 3 is 2.29 bits per heavy atom. The average molecular weight is 350 g/mol. The number of amides is 3. The van der Waals surface area contributed by atoms with Crippen molar-refractivity contribution >= 4 is 17.7 Å². The lowest BCUT2D eigenvalue weighted by atomic mass is 10.2. The molecule has 0 aromatic rings. The van der Waals surface area contributed by atoms with E-state index in [0.717, 1.165) is 13.1 Å². The fourth-order valence-corrected chi connectivity index (χ4v) is 2.89. The first-order valence-corrected chi connectivity index (χ1v) is 7.82. The van der Waals surface area contributed by atoms with Gasteiger partial charge in [-0.3, -0.25) is 14.4 Å². The third kappa shape index (κ3) is 4.37.